The molecule has 0 aliphatic rings. The lowest BCUT2D eigenvalue weighted by molar-refractivity contribution is 0.979. The topological polar surface area (TPSA) is 63.3 Å². The Morgan fingerprint density at radius 3 is 2.90 bits per heavy atom. The van der Waals surface area contributed by atoms with Gasteiger partial charge in [-0.05, 0) is 48.7 Å². The molecule has 0 saturated heterocycles. The lowest BCUT2D eigenvalue weighted by Crippen LogP contribution is -2.22. The molecule has 0 spiro atoms. The molecule has 1 heterocycles. The van der Waals surface area contributed by atoms with Crippen molar-refractivity contribution in [3.05, 3.63) is 59.4 Å². The molecule has 0 aliphatic carbocycles. The molecule has 0 radical (unpaired) electrons. The SMILES string of the molecule is CCc1cccc(NC(N)=NCc2cc(C)ccn2)c1. The number of hydrogen-bond donors (Lipinski definition) is 2. The van der Waals surface area contributed by atoms with Gasteiger partial charge in [0.15, 0.2) is 5.96 Å². The fraction of sp³-hybridized carbons (Fsp3) is 0.250. The number of guanidine groups is 1. The number of rotatable bonds is 4. The lowest BCUT2D eigenvalue weighted by Gasteiger charge is -2.07. The molecule has 3 N–H and O–H groups in total. The summed E-state index contributed by atoms with van der Waals surface area (Å²) in [6, 6.07) is 12.1. The third-order valence-electron chi connectivity index (χ3n) is 2.99. The van der Waals surface area contributed by atoms with Crippen molar-refractivity contribution in [2.24, 2.45) is 10.7 Å². The van der Waals surface area contributed by atoms with Gasteiger partial charge in [0.2, 0.25) is 0 Å². The molecule has 2 rings (SSSR count). The molecule has 0 saturated carbocycles. The Labute approximate surface area is 119 Å². The van der Waals surface area contributed by atoms with Crippen LogP contribution in [0.15, 0.2) is 47.6 Å². The van der Waals surface area contributed by atoms with E-state index in [9.17, 15) is 0 Å². The first-order chi connectivity index (χ1) is 9.67. The molecule has 4 heteroatoms. The van der Waals surface area contributed by atoms with Crippen molar-refractivity contribution in [2.75, 3.05) is 5.32 Å². The summed E-state index contributed by atoms with van der Waals surface area (Å²) in [7, 11) is 0. The van der Waals surface area contributed by atoms with Crippen molar-refractivity contribution in [2.45, 2.75) is 26.8 Å². The predicted octanol–water partition coefficient (Wildman–Crippen LogP) is 2.88. The van der Waals surface area contributed by atoms with Crippen molar-refractivity contribution in [1.82, 2.24) is 4.98 Å². The number of pyridine rings is 1. The number of hydrogen-bond acceptors (Lipinski definition) is 2. The summed E-state index contributed by atoms with van der Waals surface area (Å²) >= 11 is 0. The van der Waals surface area contributed by atoms with E-state index in [0.29, 0.717) is 12.5 Å². The average Bonchev–Trinajstić information content (AvgIpc) is 2.45. The maximum Gasteiger partial charge on any atom is 0.193 e. The van der Waals surface area contributed by atoms with Gasteiger partial charge in [0.05, 0.1) is 12.2 Å². The molecular weight excluding hydrogens is 248 g/mol. The second-order valence-electron chi connectivity index (χ2n) is 4.70. The number of nitrogens with zero attached hydrogens (tertiary/aromatic N) is 2. The minimum Gasteiger partial charge on any atom is -0.370 e. The minimum atomic E-state index is 0.404. The van der Waals surface area contributed by atoms with Gasteiger partial charge in [-0.15, -0.1) is 0 Å². The van der Waals surface area contributed by atoms with Gasteiger partial charge in [-0.1, -0.05) is 19.1 Å². The van der Waals surface area contributed by atoms with Gasteiger partial charge in [-0.25, -0.2) is 4.99 Å². The highest BCUT2D eigenvalue weighted by molar-refractivity contribution is 5.92. The molecule has 0 amide bonds. The highest BCUT2D eigenvalue weighted by Crippen LogP contribution is 2.10. The van der Waals surface area contributed by atoms with E-state index >= 15 is 0 Å². The van der Waals surface area contributed by atoms with Gasteiger partial charge in [-0.3, -0.25) is 4.98 Å². The van der Waals surface area contributed by atoms with Crippen molar-refractivity contribution in [1.29, 1.82) is 0 Å². The average molecular weight is 268 g/mol. The second kappa shape index (κ2) is 6.70. The van der Waals surface area contributed by atoms with E-state index in [1.165, 1.54) is 11.1 Å². The van der Waals surface area contributed by atoms with Crippen LogP contribution in [-0.4, -0.2) is 10.9 Å². The van der Waals surface area contributed by atoms with Crippen LogP contribution in [0, 0.1) is 6.92 Å². The molecular formula is C16H20N4. The van der Waals surface area contributed by atoms with Crippen LogP contribution in [0.1, 0.15) is 23.7 Å². The fourth-order valence-corrected chi connectivity index (χ4v) is 1.91. The van der Waals surface area contributed by atoms with Crippen LogP contribution < -0.4 is 11.1 Å². The number of aromatic nitrogens is 1. The molecule has 104 valence electrons. The number of aliphatic imine (C=N–C) groups is 1. The predicted molar refractivity (Wildman–Crippen MR) is 83.7 cm³/mol. The van der Waals surface area contributed by atoms with Crippen LogP contribution >= 0.6 is 0 Å². The number of nitrogens with two attached hydrogens (primary N) is 1. The van der Waals surface area contributed by atoms with E-state index in [2.05, 4.69) is 34.3 Å². The van der Waals surface area contributed by atoms with Gasteiger partial charge in [0.1, 0.15) is 0 Å². The van der Waals surface area contributed by atoms with Crippen LogP contribution in [0.5, 0.6) is 0 Å². The van der Waals surface area contributed by atoms with E-state index in [4.69, 9.17) is 5.73 Å². The highest BCUT2D eigenvalue weighted by Gasteiger charge is 1.98. The summed E-state index contributed by atoms with van der Waals surface area (Å²) in [5, 5.41) is 3.10. The first-order valence-corrected chi connectivity index (χ1v) is 6.75. The minimum absolute atomic E-state index is 0.404. The quantitative estimate of drug-likeness (QED) is 0.662. The van der Waals surface area contributed by atoms with Crippen molar-refractivity contribution < 1.29 is 0 Å². The Kier molecular flexibility index (Phi) is 4.71. The summed E-state index contributed by atoms with van der Waals surface area (Å²) < 4.78 is 0. The molecule has 0 bridgehead atoms. The van der Waals surface area contributed by atoms with E-state index in [1.807, 2.05) is 31.2 Å². The molecule has 0 aliphatic heterocycles. The van der Waals surface area contributed by atoms with E-state index < -0.39 is 0 Å². The lowest BCUT2D eigenvalue weighted by atomic mass is 10.1. The summed E-state index contributed by atoms with van der Waals surface area (Å²) in [5.74, 6) is 0.404. The number of anilines is 1. The zero-order valence-electron chi connectivity index (χ0n) is 11.9. The van der Waals surface area contributed by atoms with Crippen molar-refractivity contribution in [3.63, 3.8) is 0 Å². The molecule has 1 aromatic heterocycles. The van der Waals surface area contributed by atoms with Gasteiger partial charge in [0.25, 0.3) is 0 Å². The second-order valence-corrected chi connectivity index (χ2v) is 4.70. The van der Waals surface area contributed by atoms with Crippen LogP contribution in [0.25, 0.3) is 0 Å². The standard InChI is InChI=1S/C16H20N4/c1-3-13-5-4-6-14(10-13)20-16(17)19-11-15-9-12(2)7-8-18-15/h4-10H,3,11H2,1-2H3,(H3,17,19,20). The Morgan fingerprint density at radius 1 is 1.30 bits per heavy atom. The largest absolute Gasteiger partial charge is 0.370 e. The Bertz CT molecular complexity index is 605. The van der Waals surface area contributed by atoms with Crippen LogP contribution in [0.2, 0.25) is 0 Å². The highest BCUT2D eigenvalue weighted by atomic mass is 15.1. The Morgan fingerprint density at radius 2 is 2.15 bits per heavy atom. The normalized spacial score (nSPS) is 11.4. The smallest absolute Gasteiger partial charge is 0.193 e. The van der Waals surface area contributed by atoms with Crippen LogP contribution in [0.3, 0.4) is 0 Å². The van der Waals surface area contributed by atoms with E-state index in [0.717, 1.165) is 17.8 Å². The molecule has 0 unspecified atom stereocenters. The van der Waals surface area contributed by atoms with Gasteiger partial charge in [0, 0.05) is 11.9 Å². The first-order valence-electron chi connectivity index (χ1n) is 6.75. The summed E-state index contributed by atoms with van der Waals surface area (Å²) in [4.78, 5) is 8.56. The van der Waals surface area contributed by atoms with Crippen LogP contribution in [0.4, 0.5) is 5.69 Å². The zero-order chi connectivity index (χ0) is 14.4. The van der Waals surface area contributed by atoms with Gasteiger partial charge >= 0.3 is 0 Å². The zero-order valence-corrected chi connectivity index (χ0v) is 11.9. The van der Waals surface area contributed by atoms with E-state index in [1.54, 1.807) is 6.20 Å². The fourth-order valence-electron chi connectivity index (χ4n) is 1.91. The molecule has 0 atom stereocenters. The van der Waals surface area contributed by atoms with Crippen LogP contribution in [-0.2, 0) is 13.0 Å². The molecule has 20 heavy (non-hydrogen) atoms. The summed E-state index contributed by atoms with van der Waals surface area (Å²) in [6.07, 6.45) is 2.79. The number of nitrogens with one attached hydrogen (secondary N) is 1. The molecule has 2 aromatic rings. The van der Waals surface area contributed by atoms with Gasteiger partial charge < -0.3 is 11.1 Å². The first kappa shape index (κ1) is 14.1. The molecule has 0 fully saturated rings. The summed E-state index contributed by atoms with van der Waals surface area (Å²) in [5.41, 5.74) is 10.2. The summed E-state index contributed by atoms with van der Waals surface area (Å²) in [6.45, 7) is 4.64. The molecule has 4 nitrogen and oxygen atoms in total. The monoisotopic (exact) mass is 268 g/mol. The van der Waals surface area contributed by atoms with Crippen molar-refractivity contribution in [3.8, 4) is 0 Å². The Balaban J connectivity index is 2.00. The molecule has 1 aromatic carbocycles. The third kappa shape index (κ3) is 4.09. The Hall–Kier alpha value is -2.36. The maximum atomic E-state index is 5.89. The van der Waals surface area contributed by atoms with E-state index in [-0.39, 0.29) is 0 Å². The maximum absolute atomic E-state index is 5.89. The number of benzene rings is 1. The van der Waals surface area contributed by atoms with Crippen molar-refractivity contribution >= 4 is 11.6 Å². The third-order valence-corrected chi connectivity index (χ3v) is 2.99. The van der Waals surface area contributed by atoms with Gasteiger partial charge in [-0.2, -0.15) is 0 Å². The number of aryl methyl sites for hydroxylation is 2.